The Balaban J connectivity index is 2.09. The quantitative estimate of drug-likeness (QED) is 0.694. The van der Waals surface area contributed by atoms with E-state index in [1.165, 1.54) is 40.8 Å². The second-order valence-corrected chi connectivity index (χ2v) is 6.49. The Morgan fingerprint density at radius 1 is 1.20 bits per heavy atom. The number of hydrogen-bond donors (Lipinski definition) is 1. The van der Waals surface area contributed by atoms with Gasteiger partial charge in [0.05, 0.1) is 5.52 Å². The first-order valence-corrected chi connectivity index (χ1v) is 8.87. The summed E-state index contributed by atoms with van der Waals surface area (Å²) in [6, 6.07) is 8.88. The molecule has 0 unspecified atom stereocenters. The van der Waals surface area contributed by atoms with Gasteiger partial charge in [0.25, 0.3) is 0 Å². The van der Waals surface area contributed by atoms with E-state index in [0.29, 0.717) is 0 Å². The lowest BCUT2D eigenvalue weighted by Crippen LogP contribution is -2.14. The molecule has 0 atom stereocenters. The molecule has 0 radical (unpaired) electrons. The molecule has 0 aliphatic carbocycles. The molecule has 3 heteroatoms. The fraction of sp³-hybridized carbons (Fsp3) is 0.529. The van der Waals surface area contributed by atoms with Crippen molar-refractivity contribution in [1.29, 1.82) is 0 Å². The Bertz CT molecular complexity index is 519. The molecule has 2 rings (SSSR count). The standard InChI is InChI=1S/C17H26N2S/c1-3-10-18-14-16-8-5-7-15-9-12-19(17(15)16)11-6-13-20-4-2/h5,7-9,12,18H,3-4,6,10-11,13-14H2,1-2H3. The number of hydrogen-bond acceptors (Lipinski definition) is 2. The van der Waals surface area contributed by atoms with Crippen molar-refractivity contribution < 1.29 is 0 Å². The minimum Gasteiger partial charge on any atom is -0.347 e. The SMILES string of the molecule is CCCNCc1cccc2ccn(CCCSCC)c12. The molecule has 2 aromatic rings. The van der Waals surface area contributed by atoms with E-state index in [4.69, 9.17) is 0 Å². The van der Waals surface area contributed by atoms with Crippen LogP contribution in [0, 0.1) is 0 Å². The van der Waals surface area contributed by atoms with Crippen molar-refractivity contribution >= 4 is 22.7 Å². The summed E-state index contributed by atoms with van der Waals surface area (Å²) in [5.41, 5.74) is 2.83. The Labute approximate surface area is 126 Å². The van der Waals surface area contributed by atoms with Crippen LogP contribution in [-0.2, 0) is 13.1 Å². The molecule has 110 valence electrons. The summed E-state index contributed by atoms with van der Waals surface area (Å²) in [4.78, 5) is 0. The molecule has 0 spiro atoms. The van der Waals surface area contributed by atoms with E-state index in [-0.39, 0.29) is 0 Å². The molecule has 0 fully saturated rings. The summed E-state index contributed by atoms with van der Waals surface area (Å²) in [6.45, 7) is 7.62. The molecule has 0 aliphatic rings. The number of para-hydroxylation sites is 1. The maximum atomic E-state index is 3.52. The van der Waals surface area contributed by atoms with E-state index in [1.807, 2.05) is 11.8 Å². The van der Waals surface area contributed by atoms with Gasteiger partial charge in [0.15, 0.2) is 0 Å². The molecule has 1 aromatic heterocycles. The predicted molar refractivity (Wildman–Crippen MR) is 91.6 cm³/mol. The average molecular weight is 290 g/mol. The minimum atomic E-state index is 0.971. The van der Waals surface area contributed by atoms with Crippen LogP contribution in [0.15, 0.2) is 30.5 Å². The third-order valence-electron chi connectivity index (χ3n) is 3.51. The topological polar surface area (TPSA) is 17.0 Å². The molecule has 0 amide bonds. The Morgan fingerprint density at radius 2 is 2.10 bits per heavy atom. The number of nitrogens with one attached hydrogen (secondary N) is 1. The van der Waals surface area contributed by atoms with Gasteiger partial charge in [-0.1, -0.05) is 32.0 Å². The van der Waals surface area contributed by atoms with Crippen LogP contribution in [0.4, 0.5) is 0 Å². The maximum Gasteiger partial charge on any atom is 0.0525 e. The van der Waals surface area contributed by atoms with E-state index in [2.05, 4.69) is 54.2 Å². The van der Waals surface area contributed by atoms with Crippen molar-refractivity contribution in [2.45, 2.75) is 39.8 Å². The summed E-state index contributed by atoms with van der Waals surface area (Å²) in [5.74, 6) is 2.48. The molecule has 0 bridgehead atoms. The summed E-state index contributed by atoms with van der Waals surface area (Å²) in [7, 11) is 0. The number of fused-ring (bicyclic) bond motifs is 1. The van der Waals surface area contributed by atoms with E-state index in [9.17, 15) is 0 Å². The van der Waals surface area contributed by atoms with Gasteiger partial charge in [-0.05, 0) is 47.9 Å². The molecule has 0 aliphatic heterocycles. The zero-order chi connectivity index (χ0) is 14.2. The van der Waals surface area contributed by atoms with Crippen molar-refractivity contribution in [1.82, 2.24) is 9.88 Å². The monoisotopic (exact) mass is 290 g/mol. The first-order chi connectivity index (χ1) is 9.86. The van der Waals surface area contributed by atoms with Gasteiger partial charge >= 0.3 is 0 Å². The first kappa shape index (κ1) is 15.5. The number of aromatic nitrogens is 1. The van der Waals surface area contributed by atoms with Crippen molar-refractivity contribution in [3.63, 3.8) is 0 Å². The lowest BCUT2D eigenvalue weighted by Gasteiger charge is -2.10. The van der Waals surface area contributed by atoms with Crippen LogP contribution in [0.2, 0.25) is 0 Å². The molecular weight excluding hydrogens is 264 g/mol. The molecule has 0 saturated carbocycles. The van der Waals surface area contributed by atoms with Crippen LogP contribution in [0.1, 0.15) is 32.3 Å². The van der Waals surface area contributed by atoms with Gasteiger partial charge in [0.1, 0.15) is 0 Å². The summed E-state index contributed by atoms with van der Waals surface area (Å²) >= 11 is 2.03. The van der Waals surface area contributed by atoms with Crippen molar-refractivity contribution in [2.24, 2.45) is 0 Å². The third-order valence-corrected chi connectivity index (χ3v) is 4.49. The van der Waals surface area contributed by atoms with Gasteiger partial charge < -0.3 is 9.88 Å². The van der Waals surface area contributed by atoms with Gasteiger partial charge in [-0.2, -0.15) is 11.8 Å². The zero-order valence-corrected chi connectivity index (χ0v) is 13.5. The van der Waals surface area contributed by atoms with Crippen LogP contribution in [0.25, 0.3) is 10.9 Å². The number of rotatable bonds is 9. The normalized spacial score (nSPS) is 11.3. The minimum absolute atomic E-state index is 0.971. The van der Waals surface area contributed by atoms with Crippen LogP contribution in [0.3, 0.4) is 0 Å². The molecule has 1 N–H and O–H groups in total. The van der Waals surface area contributed by atoms with Crippen molar-refractivity contribution in [3.8, 4) is 0 Å². The molecule has 1 aromatic carbocycles. The summed E-state index contributed by atoms with van der Waals surface area (Å²) in [5, 5.41) is 4.88. The molecule has 20 heavy (non-hydrogen) atoms. The lowest BCUT2D eigenvalue weighted by molar-refractivity contribution is 0.668. The molecule has 2 nitrogen and oxygen atoms in total. The lowest BCUT2D eigenvalue weighted by atomic mass is 10.1. The van der Waals surface area contributed by atoms with Crippen LogP contribution in [0.5, 0.6) is 0 Å². The smallest absolute Gasteiger partial charge is 0.0525 e. The summed E-state index contributed by atoms with van der Waals surface area (Å²) < 4.78 is 2.43. The highest BCUT2D eigenvalue weighted by Gasteiger charge is 2.06. The van der Waals surface area contributed by atoms with E-state index >= 15 is 0 Å². The number of aryl methyl sites for hydroxylation is 1. The second-order valence-electron chi connectivity index (χ2n) is 5.09. The Hall–Kier alpha value is -0.930. The first-order valence-electron chi connectivity index (χ1n) is 7.72. The summed E-state index contributed by atoms with van der Waals surface area (Å²) in [6.07, 6.45) is 4.68. The second kappa shape index (κ2) is 8.38. The number of thioether (sulfide) groups is 1. The zero-order valence-electron chi connectivity index (χ0n) is 12.7. The van der Waals surface area contributed by atoms with Crippen molar-refractivity contribution in [2.75, 3.05) is 18.1 Å². The number of benzene rings is 1. The van der Waals surface area contributed by atoms with Crippen LogP contribution >= 0.6 is 11.8 Å². The fourth-order valence-corrected chi connectivity index (χ4v) is 3.17. The largest absolute Gasteiger partial charge is 0.347 e. The molecule has 1 heterocycles. The maximum absolute atomic E-state index is 3.52. The predicted octanol–water partition coefficient (Wildman–Crippen LogP) is 4.28. The Morgan fingerprint density at radius 3 is 2.90 bits per heavy atom. The van der Waals surface area contributed by atoms with E-state index < -0.39 is 0 Å². The van der Waals surface area contributed by atoms with Gasteiger partial charge in [-0.25, -0.2) is 0 Å². The van der Waals surface area contributed by atoms with Crippen LogP contribution < -0.4 is 5.32 Å². The van der Waals surface area contributed by atoms with E-state index in [0.717, 1.165) is 19.6 Å². The van der Waals surface area contributed by atoms with Gasteiger partial charge in [-0.3, -0.25) is 0 Å². The van der Waals surface area contributed by atoms with Gasteiger partial charge in [0.2, 0.25) is 0 Å². The Kier molecular flexibility index (Phi) is 6.48. The number of nitrogens with zero attached hydrogens (tertiary/aromatic N) is 1. The van der Waals surface area contributed by atoms with Crippen molar-refractivity contribution in [3.05, 3.63) is 36.0 Å². The van der Waals surface area contributed by atoms with Gasteiger partial charge in [-0.15, -0.1) is 0 Å². The third kappa shape index (κ3) is 4.03. The molecular formula is C17H26N2S. The highest BCUT2D eigenvalue weighted by molar-refractivity contribution is 7.99. The highest BCUT2D eigenvalue weighted by Crippen LogP contribution is 2.21. The molecule has 0 saturated heterocycles. The fourth-order valence-electron chi connectivity index (χ4n) is 2.55. The highest BCUT2D eigenvalue weighted by atomic mass is 32.2. The van der Waals surface area contributed by atoms with Crippen LogP contribution in [-0.4, -0.2) is 22.6 Å². The average Bonchev–Trinajstić information content (AvgIpc) is 2.88. The van der Waals surface area contributed by atoms with E-state index in [1.54, 1.807) is 0 Å². The van der Waals surface area contributed by atoms with Gasteiger partial charge in [0, 0.05) is 19.3 Å².